The maximum atomic E-state index is 13.4. The zero-order valence-electron chi connectivity index (χ0n) is 11.5. The molecule has 0 saturated heterocycles. The van der Waals surface area contributed by atoms with E-state index in [9.17, 15) is 8.78 Å². The minimum Gasteiger partial charge on any atom is -0.310 e. The van der Waals surface area contributed by atoms with Gasteiger partial charge in [0.15, 0.2) is 11.6 Å². The highest BCUT2D eigenvalue weighted by Gasteiger charge is 2.17. The fourth-order valence-corrected chi connectivity index (χ4v) is 2.77. The highest BCUT2D eigenvalue weighted by molar-refractivity contribution is 6.36. The Morgan fingerprint density at radius 2 is 1.71 bits per heavy atom. The summed E-state index contributed by atoms with van der Waals surface area (Å²) in [4.78, 5) is 0. The van der Waals surface area contributed by atoms with Gasteiger partial charge in [-0.1, -0.05) is 42.3 Å². The minimum absolute atomic E-state index is 0.192. The molecular weight excluding hydrogens is 315 g/mol. The summed E-state index contributed by atoms with van der Waals surface area (Å²) in [5.41, 5.74) is 1.45. The third kappa shape index (κ3) is 3.94. The van der Waals surface area contributed by atoms with Gasteiger partial charge in [0, 0.05) is 16.1 Å². The van der Waals surface area contributed by atoms with Gasteiger partial charge in [-0.05, 0) is 48.4 Å². The molecule has 0 amide bonds. The number of benzene rings is 2. The molecule has 0 saturated carbocycles. The Morgan fingerprint density at radius 3 is 2.29 bits per heavy atom. The molecule has 0 aliphatic heterocycles. The van der Waals surface area contributed by atoms with E-state index in [1.807, 2.05) is 6.92 Å². The molecule has 2 rings (SSSR count). The molecule has 0 aliphatic carbocycles. The second kappa shape index (κ2) is 7.21. The van der Waals surface area contributed by atoms with Crippen molar-refractivity contribution in [2.45, 2.75) is 19.4 Å². The summed E-state index contributed by atoms with van der Waals surface area (Å²) in [6.45, 7) is 2.63. The first kappa shape index (κ1) is 16.2. The SMILES string of the molecule is CCNC(Cc1c(Cl)cccc1Cl)c1ccc(F)c(F)c1. The van der Waals surface area contributed by atoms with Crippen LogP contribution in [0, 0.1) is 11.6 Å². The molecule has 0 radical (unpaired) electrons. The Labute approximate surface area is 132 Å². The van der Waals surface area contributed by atoms with Gasteiger partial charge in [0.1, 0.15) is 0 Å². The smallest absolute Gasteiger partial charge is 0.159 e. The monoisotopic (exact) mass is 329 g/mol. The maximum absolute atomic E-state index is 13.4. The quantitative estimate of drug-likeness (QED) is 0.798. The lowest BCUT2D eigenvalue weighted by Gasteiger charge is -2.20. The van der Waals surface area contributed by atoms with Crippen LogP contribution in [0.2, 0.25) is 10.0 Å². The van der Waals surface area contributed by atoms with E-state index in [2.05, 4.69) is 5.32 Å². The van der Waals surface area contributed by atoms with Crippen LogP contribution >= 0.6 is 23.2 Å². The van der Waals surface area contributed by atoms with Gasteiger partial charge in [-0.15, -0.1) is 0 Å². The van der Waals surface area contributed by atoms with E-state index in [-0.39, 0.29) is 6.04 Å². The molecule has 1 N–H and O–H groups in total. The van der Waals surface area contributed by atoms with Crippen molar-refractivity contribution in [3.05, 3.63) is 69.2 Å². The molecule has 2 aromatic rings. The van der Waals surface area contributed by atoms with Crippen LogP contribution in [0.3, 0.4) is 0 Å². The second-order valence-corrected chi connectivity index (χ2v) is 5.50. The van der Waals surface area contributed by atoms with Gasteiger partial charge < -0.3 is 5.32 Å². The average Bonchev–Trinajstić information content (AvgIpc) is 2.45. The normalized spacial score (nSPS) is 12.4. The predicted octanol–water partition coefficient (Wildman–Crippen LogP) is 5.16. The zero-order chi connectivity index (χ0) is 15.4. The van der Waals surface area contributed by atoms with Crippen molar-refractivity contribution in [2.75, 3.05) is 6.54 Å². The third-order valence-corrected chi connectivity index (χ3v) is 3.97. The van der Waals surface area contributed by atoms with Crippen LogP contribution in [0.1, 0.15) is 24.1 Å². The Balaban J connectivity index is 2.33. The molecule has 0 heterocycles. The molecule has 0 fully saturated rings. The van der Waals surface area contributed by atoms with Crippen LogP contribution in [0.25, 0.3) is 0 Å². The van der Waals surface area contributed by atoms with E-state index in [1.165, 1.54) is 6.07 Å². The molecule has 112 valence electrons. The summed E-state index contributed by atoms with van der Waals surface area (Å²) in [5, 5.41) is 4.37. The van der Waals surface area contributed by atoms with E-state index in [1.54, 1.807) is 24.3 Å². The average molecular weight is 330 g/mol. The van der Waals surface area contributed by atoms with E-state index >= 15 is 0 Å². The van der Waals surface area contributed by atoms with Gasteiger partial charge in [0.05, 0.1) is 0 Å². The molecule has 0 bridgehead atoms. The summed E-state index contributed by atoms with van der Waals surface area (Å²) < 4.78 is 26.5. The summed E-state index contributed by atoms with van der Waals surface area (Å²) in [5.74, 6) is -1.72. The molecule has 2 aromatic carbocycles. The van der Waals surface area contributed by atoms with Crippen LogP contribution in [0.15, 0.2) is 36.4 Å². The van der Waals surface area contributed by atoms with E-state index < -0.39 is 11.6 Å². The van der Waals surface area contributed by atoms with E-state index in [0.29, 0.717) is 28.6 Å². The second-order valence-electron chi connectivity index (χ2n) is 4.69. The first-order chi connectivity index (χ1) is 10.0. The Kier molecular flexibility index (Phi) is 5.57. The van der Waals surface area contributed by atoms with Crippen molar-refractivity contribution in [1.82, 2.24) is 5.32 Å². The fraction of sp³-hybridized carbons (Fsp3) is 0.250. The number of hydrogen-bond acceptors (Lipinski definition) is 1. The van der Waals surface area contributed by atoms with E-state index in [4.69, 9.17) is 23.2 Å². The predicted molar refractivity (Wildman–Crippen MR) is 82.9 cm³/mol. The van der Waals surface area contributed by atoms with Crippen molar-refractivity contribution in [3.8, 4) is 0 Å². The van der Waals surface area contributed by atoms with Gasteiger partial charge in [0.25, 0.3) is 0 Å². The lowest BCUT2D eigenvalue weighted by molar-refractivity contribution is 0.497. The molecule has 1 unspecified atom stereocenters. The number of rotatable bonds is 5. The summed E-state index contributed by atoms with van der Waals surface area (Å²) in [7, 11) is 0. The van der Waals surface area contributed by atoms with Crippen molar-refractivity contribution < 1.29 is 8.78 Å². The first-order valence-electron chi connectivity index (χ1n) is 6.64. The van der Waals surface area contributed by atoms with Gasteiger partial charge in [-0.2, -0.15) is 0 Å². The van der Waals surface area contributed by atoms with Crippen molar-refractivity contribution >= 4 is 23.2 Å². The molecule has 21 heavy (non-hydrogen) atoms. The summed E-state index contributed by atoms with van der Waals surface area (Å²) in [6, 6.07) is 9.00. The highest BCUT2D eigenvalue weighted by Crippen LogP contribution is 2.29. The van der Waals surface area contributed by atoms with Crippen LogP contribution in [0.4, 0.5) is 8.78 Å². The Morgan fingerprint density at radius 1 is 1.05 bits per heavy atom. The number of hydrogen-bond donors (Lipinski definition) is 1. The molecular formula is C16H15Cl2F2N. The van der Waals surface area contributed by atoms with E-state index in [0.717, 1.165) is 11.6 Å². The van der Waals surface area contributed by atoms with Gasteiger partial charge in [-0.25, -0.2) is 8.78 Å². The van der Waals surface area contributed by atoms with Crippen molar-refractivity contribution in [2.24, 2.45) is 0 Å². The van der Waals surface area contributed by atoms with Crippen LogP contribution in [0.5, 0.6) is 0 Å². The number of likely N-dealkylation sites (N-methyl/N-ethyl adjacent to an activating group) is 1. The number of halogens is 4. The standard InChI is InChI=1S/C16H15Cl2F2N/c1-2-21-16(10-6-7-14(19)15(20)8-10)9-11-12(17)4-3-5-13(11)18/h3-8,16,21H,2,9H2,1H3. The Hall–Kier alpha value is -1.16. The Bertz CT molecular complexity index is 611. The zero-order valence-corrected chi connectivity index (χ0v) is 13.0. The number of nitrogens with one attached hydrogen (secondary N) is 1. The van der Waals surface area contributed by atoms with Crippen molar-refractivity contribution in [3.63, 3.8) is 0 Å². The molecule has 5 heteroatoms. The van der Waals surface area contributed by atoms with Crippen LogP contribution in [-0.4, -0.2) is 6.54 Å². The molecule has 0 aromatic heterocycles. The fourth-order valence-electron chi connectivity index (χ4n) is 2.21. The lowest BCUT2D eigenvalue weighted by Crippen LogP contribution is -2.23. The molecule has 1 atom stereocenters. The minimum atomic E-state index is -0.861. The maximum Gasteiger partial charge on any atom is 0.159 e. The third-order valence-electron chi connectivity index (χ3n) is 3.27. The highest BCUT2D eigenvalue weighted by atomic mass is 35.5. The molecule has 1 nitrogen and oxygen atoms in total. The van der Waals surface area contributed by atoms with Gasteiger partial charge >= 0.3 is 0 Å². The van der Waals surface area contributed by atoms with Crippen LogP contribution in [-0.2, 0) is 6.42 Å². The van der Waals surface area contributed by atoms with Gasteiger partial charge in [0.2, 0.25) is 0 Å². The van der Waals surface area contributed by atoms with Crippen LogP contribution < -0.4 is 5.32 Å². The molecule has 0 aliphatic rings. The lowest BCUT2D eigenvalue weighted by atomic mass is 9.98. The van der Waals surface area contributed by atoms with Gasteiger partial charge in [-0.3, -0.25) is 0 Å². The van der Waals surface area contributed by atoms with Crippen molar-refractivity contribution in [1.29, 1.82) is 0 Å². The first-order valence-corrected chi connectivity index (χ1v) is 7.39. The molecule has 0 spiro atoms. The summed E-state index contributed by atoms with van der Waals surface area (Å²) >= 11 is 12.3. The largest absolute Gasteiger partial charge is 0.310 e. The summed E-state index contributed by atoms with van der Waals surface area (Å²) in [6.07, 6.45) is 0.497. The topological polar surface area (TPSA) is 12.0 Å².